The number of benzene rings is 1. The van der Waals surface area contributed by atoms with Gasteiger partial charge in [-0.2, -0.15) is 0 Å². The summed E-state index contributed by atoms with van der Waals surface area (Å²) in [6.45, 7) is 6.32. The molecule has 2 N–H and O–H groups in total. The first-order chi connectivity index (χ1) is 7.36. The number of aliphatic hydroxyl groups excluding tert-OH is 2. The lowest BCUT2D eigenvalue weighted by Gasteiger charge is -2.22. The quantitative estimate of drug-likeness (QED) is 0.800. The van der Waals surface area contributed by atoms with E-state index in [1.54, 1.807) is 6.07 Å². The smallest absolute Gasteiger partial charge is 0.106 e. The molecule has 2 atom stereocenters. The van der Waals surface area contributed by atoms with E-state index in [2.05, 4.69) is 20.8 Å². The fraction of sp³-hybridized carbons (Fsp3) is 0.538. The lowest BCUT2D eigenvalue weighted by Crippen LogP contribution is -2.20. The molecule has 1 rings (SSSR count). The van der Waals surface area contributed by atoms with Crippen LogP contribution in [0, 0.1) is 0 Å². The van der Waals surface area contributed by atoms with Crippen molar-refractivity contribution >= 4 is 11.6 Å². The average molecular weight is 243 g/mol. The van der Waals surface area contributed by atoms with Gasteiger partial charge < -0.3 is 10.2 Å². The van der Waals surface area contributed by atoms with Gasteiger partial charge in [-0.15, -0.1) is 11.6 Å². The van der Waals surface area contributed by atoms with Crippen molar-refractivity contribution in [2.75, 3.05) is 5.88 Å². The molecule has 2 unspecified atom stereocenters. The summed E-state index contributed by atoms with van der Waals surface area (Å²) in [5.74, 6) is 0.0287. The molecule has 3 heteroatoms. The number of alkyl halides is 1. The lowest BCUT2D eigenvalue weighted by molar-refractivity contribution is 0.0326. The molecular weight excluding hydrogens is 224 g/mol. The highest BCUT2D eigenvalue weighted by atomic mass is 35.5. The van der Waals surface area contributed by atoms with Crippen molar-refractivity contribution in [2.24, 2.45) is 0 Å². The number of aliphatic hydroxyl groups is 2. The van der Waals surface area contributed by atoms with Gasteiger partial charge in [-0.1, -0.05) is 45.0 Å². The van der Waals surface area contributed by atoms with Crippen molar-refractivity contribution in [2.45, 2.75) is 38.4 Å². The molecule has 0 amide bonds. The molecule has 0 aliphatic heterocycles. The SMILES string of the molecule is CC(C)(C)c1cccc(C(O)C(O)CCl)c1. The third-order valence-corrected chi connectivity index (χ3v) is 2.93. The Balaban J connectivity index is 2.99. The Labute approximate surface area is 102 Å². The predicted molar refractivity (Wildman–Crippen MR) is 66.8 cm³/mol. The molecule has 0 aromatic heterocycles. The van der Waals surface area contributed by atoms with Crippen molar-refractivity contribution in [3.8, 4) is 0 Å². The molecule has 90 valence electrons. The van der Waals surface area contributed by atoms with Gasteiger partial charge in [0, 0.05) is 0 Å². The minimum absolute atomic E-state index is 0.0287. The molecule has 0 aliphatic rings. The van der Waals surface area contributed by atoms with Gasteiger partial charge in [-0.3, -0.25) is 0 Å². The van der Waals surface area contributed by atoms with Gasteiger partial charge in [0.1, 0.15) is 6.10 Å². The average Bonchev–Trinajstić information content (AvgIpc) is 2.26. The Hall–Kier alpha value is -0.570. The monoisotopic (exact) mass is 242 g/mol. The van der Waals surface area contributed by atoms with Crippen molar-refractivity contribution in [3.05, 3.63) is 35.4 Å². The van der Waals surface area contributed by atoms with Gasteiger partial charge >= 0.3 is 0 Å². The van der Waals surface area contributed by atoms with E-state index in [1.165, 1.54) is 0 Å². The molecule has 0 heterocycles. The van der Waals surface area contributed by atoms with Crippen LogP contribution in [0.5, 0.6) is 0 Å². The first kappa shape index (κ1) is 13.5. The van der Waals surface area contributed by atoms with Crippen LogP contribution in [0.25, 0.3) is 0 Å². The molecule has 0 bridgehead atoms. The van der Waals surface area contributed by atoms with Crippen LogP contribution < -0.4 is 0 Å². The standard InChI is InChI=1S/C13H19ClO2/c1-13(2,3)10-6-4-5-9(7-10)12(16)11(15)8-14/h4-7,11-12,15-16H,8H2,1-3H3. The summed E-state index contributed by atoms with van der Waals surface area (Å²) in [6.07, 6.45) is -1.84. The van der Waals surface area contributed by atoms with Crippen LogP contribution in [0.1, 0.15) is 38.0 Å². The summed E-state index contributed by atoms with van der Waals surface area (Å²) in [6, 6.07) is 7.62. The van der Waals surface area contributed by atoms with Crippen LogP contribution in [-0.4, -0.2) is 22.2 Å². The highest BCUT2D eigenvalue weighted by Crippen LogP contribution is 2.26. The second-order valence-electron chi connectivity index (χ2n) is 5.04. The fourth-order valence-corrected chi connectivity index (χ4v) is 1.66. The molecular formula is C13H19ClO2. The first-order valence-electron chi connectivity index (χ1n) is 5.39. The number of hydrogen-bond donors (Lipinski definition) is 2. The third kappa shape index (κ3) is 3.21. The van der Waals surface area contributed by atoms with Crippen molar-refractivity contribution < 1.29 is 10.2 Å². The van der Waals surface area contributed by atoms with Gasteiger partial charge in [0.05, 0.1) is 12.0 Å². The summed E-state index contributed by atoms with van der Waals surface area (Å²) in [5, 5.41) is 19.3. The van der Waals surface area contributed by atoms with E-state index in [9.17, 15) is 10.2 Å². The molecule has 0 spiro atoms. The van der Waals surface area contributed by atoms with E-state index in [0.29, 0.717) is 5.56 Å². The minimum Gasteiger partial charge on any atom is -0.389 e. The third-order valence-electron chi connectivity index (χ3n) is 2.62. The van der Waals surface area contributed by atoms with E-state index in [-0.39, 0.29) is 11.3 Å². The number of rotatable bonds is 3. The topological polar surface area (TPSA) is 40.5 Å². The second kappa shape index (κ2) is 5.17. The summed E-state index contributed by atoms with van der Waals surface area (Å²) in [7, 11) is 0. The molecule has 0 radical (unpaired) electrons. The van der Waals surface area contributed by atoms with Gasteiger partial charge in [0.25, 0.3) is 0 Å². The van der Waals surface area contributed by atoms with Crippen LogP contribution in [0.2, 0.25) is 0 Å². The lowest BCUT2D eigenvalue weighted by atomic mass is 9.85. The second-order valence-corrected chi connectivity index (χ2v) is 5.35. The van der Waals surface area contributed by atoms with Crippen molar-refractivity contribution in [3.63, 3.8) is 0 Å². The minimum atomic E-state index is -0.920. The normalized spacial score (nSPS) is 15.9. The van der Waals surface area contributed by atoms with Crippen LogP contribution >= 0.6 is 11.6 Å². The molecule has 0 saturated heterocycles. The maximum Gasteiger partial charge on any atom is 0.106 e. The molecule has 16 heavy (non-hydrogen) atoms. The van der Waals surface area contributed by atoms with Gasteiger partial charge in [-0.25, -0.2) is 0 Å². The Bertz CT molecular complexity index is 344. The summed E-state index contributed by atoms with van der Waals surface area (Å²) < 4.78 is 0. The maximum atomic E-state index is 9.84. The van der Waals surface area contributed by atoms with Crippen LogP contribution in [-0.2, 0) is 5.41 Å². The zero-order chi connectivity index (χ0) is 12.3. The summed E-state index contributed by atoms with van der Waals surface area (Å²) >= 11 is 5.52. The highest BCUT2D eigenvalue weighted by molar-refractivity contribution is 6.18. The van der Waals surface area contributed by atoms with Crippen LogP contribution in [0.4, 0.5) is 0 Å². The molecule has 2 nitrogen and oxygen atoms in total. The Kier molecular flexibility index (Phi) is 4.36. The van der Waals surface area contributed by atoms with Gasteiger partial charge in [-0.05, 0) is 16.5 Å². The van der Waals surface area contributed by atoms with Crippen LogP contribution in [0.3, 0.4) is 0 Å². The van der Waals surface area contributed by atoms with Crippen LogP contribution in [0.15, 0.2) is 24.3 Å². The van der Waals surface area contributed by atoms with E-state index in [1.807, 2.05) is 18.2 Å². The van der Waals surface area contributed by atoms with Gasteiger partial charge in [0.2, 0.25) is 0 Å². The largest absolute Gasteiger partial charge is 0.389 e. The Morgan fingerprint density at radius 3 is 2.38 bits per heavy atom. The predicted octanol–water partition coefficient (Wildman–Crippen LogP) is 2.62. The van der Waals surface area contributed by atoms with Crippen molar-refractivity contribution in [1.82, 2.24) is 0 Å². The van der Waals surface area contributed by atoms with E-state index in [0.717, 1.165) is 5.56 Å². The zero-order valence-electron chi connectivity index (χ0n) is 9.94. The molecule has 0 saturated carbocycles. The fourth-order valence-electron chi connectivity index (χ4n) is 1.50. The molecule has 0 fully saturated rings. The number of halogens is 1. The van der Waals surface area contributed by atoms with Crippen molar-refractivity contribution in [1.29, 1.82) is 0 Å². The molecule has 1 aromatic rings. The van der Waals surface area contributed by atoms with E-state index >= 15 is 0 Å². The van der Waals surface area contributed by atoms with E-state index in [4.69, 9.17) is 11.6 Å². The molecule has 1 aromatic carbocycles. The maximum absolute atomic E-state index is 9.84. The summed E-state index contributed by atoms with van der Waals surface area (Å²) in [5.41, 5.74) is 1.87. The van der Waals surface area contributed by atoms with E-state index < -0.39 is 12.2 Å². The first-order valence-corrected chi connectivity index (χ1v) is 5.92. The van der Waals surface area contributed by atoms with Gasteiger partial charge in [0.15, 0.2) is 0 Å². The number of hydrogen-bond acceptors (Lipinski definition) is 2. The molecule has 0 aliphatic carbocycles. The Morgan fingerprint density at radius 2 is 1.88 bits per heavy atom. The summed E-state index contributed by atoms with van der Waals surface area (Å²) in [4.78, 5) is 0. The highest BCUT2D eigenvalue weighted by Gasteiger charge is 2.20. The zero-order valence-corrected chi connectivity index (χ0v) is 10.7. The Morgan fingerprint density at radius 1 is 1.25 bits per heavy atom.